The van der Waals surface area contributed by atoms with Gasteiger partial charge in [-0.25, -0.2) is 0 Å². The van der Waals surface area contributed by atoms with Gasteiger partial charge in [0.25, 0.3) is 16.7 Å². The van der Waals surface area contributed by atoms with Gasteiger partial charge in [-0.15, -0.1) is 4.40 Å². The van der Waals surface area contributed by atoms with Gasteiger partial charge >= 0.3 is 5.03 Å². The zero-order chi connectivity index (χ0) is 24.8. The van der Waals surface area contributed by atoms with Crippen LogP contribution in [0.15, 0.2) is 120 Å². The Morgan fingerprint density at radius 3 is 2.11 bits per heavy atom. The summed E-state index contributed by atoms with van der Waals surface area (Å²) < 4.78 is 12.5. The number of oxazole rings is 1. The van der Waals surface area contributed by atoms with Crippen LogP contribution in [-0.4, -0.2) is 0 Å². The minimum Gasteiger partial charge on any atom is -0.398 e. The topological polar surface area (TPSA) is 25.0 Å². The van der Waals surface area contributed by atoms with Crippen molar-refractivity contribution in [2.45, 2.75) is 20.0 Å². The number of pyridine rings is 2. The molecule has 0 N–H and O–H groups in total. The molecule has 0 radical (unpaired) electrons. The maximum atomic E-state index is 5.60. The van der Waals surface area contributed by atoms with E-state index in [2.05, 4.69) is 123 Å². The van der Waals surface area contributed by atoms with Gasteiger partial charge in [0.2, 0.25) is 12.7 Å². The molecule has 37 heavy (non-hydrogen) atoms. The summed E-state index contributed by atoms with van der Waals surface area (Å²) in [5, 5.41) is 5.55. The van der Waals surface area contributed by atoms with Crippen molar-refractivity contribution in [1.82, 2.24) is 0 Å². The molecular weight excluding hydrogens is 474 g/mol. The van der Waals surface area contributed by atoms with Gasteiger partial charge in [-0.05, 0) is 59.2 Å². The van der Waals surface area contributed by atoms with Gasteiger partial charge < -0.3 is 4.42 Å². The van der Waals surface area contributed by atoms with Crippen molar-refractivity contribution in [2.75, 3.05) is 0 Å². The molecule has 4 heterocycles. The van der Waals surface area contributed by atoms with Crippen molar-refractivity contribution in [2.24, 2.45) is 0 Å². The minimum absolute atomic E-state index is 0.759. The fourth-order valence-corrected chi connectivity index (χ4v) is 6.23. The van der Waals surface area contributed by atoms with Crippen molar-refractivity contribution in [3.8, 4) is 11.1 Å². The first-order chi connectivity index (χ1) is 18.3. The number of benzene rings is 3. The number of fused-ring (bicyclic) bond motifs is 4. The third-order valence-corrected chi connectivity index (χ3v) is 8.06. The van der Waals surface area contributed by atoms with Crippen LogP contribution in [0.4, 0.5) is 0 Å². The number of thiazole rings is 1. The average Bonchev–Trinajstić information content (AvgIpc) is 3.55. The molecule has 0 fully saturated rings. The third-order valence-electron chi connectivity index (χ3n) is 7.18. The minimum atomic E-state index is 0.759. The Hall–Kier alpha value is -4.35. The Morgan fingerprint density at radius 1 is 0.676 bits per heavy atom. The Kier molecular flexibility index (Phi) is 5.29. The summed E-state index contributed by atoms with van der Waals surface area (Å²) in [5.41, 5.74) is 8.85. The lowest BCUT2D eigenvalue weighted by Gasteiger charge is -2.11. The van der Waals surface area contributed by atoms with Crippen LogP contribution in [0.25, 0.3) is 38.0 Å². The fraction of sp³-hybridized carbons (Fsp3) is 0.0938. The molecule has 178 valence electrons. The van der Waals surface area contributed by atoms with E-state index in [1.807, 2.05) is 6.20 Å². The highest BCUT2D eigenvalue weighted by Crippen LogP contribution is 2.27. The van der Waals surface area contributed by atoms with Crippen molar-refractivity contribution >= 4 is 38.2 Å². The standard InChI is InChI=1S/C32H26N3OS/c1-23-8-2-4-12-28(23)29-13-5-3-9-26(29)20-33-16-6-10-24-14-15-25-11-7-17-34(31(25)30(24)33)21-27-22-37-32-35(27)18-19-36-32/h2-19,22H,20-21H2,1H3/q+3. The Balaban J connectivity index is 1.41. The smallest absolute Gasteiger partial charge is 0.398 e. The van der Waals surface area contributed by atoms with Crippen molar-refractivity contribution < 1.29 is 18.0 Å². The summed E-state index contributed by atoms with van der Waals surface area (Å²) in [7, 11) is 0. The molecule has 4 aromatic heterocycles. The highest BCUT2D eigenvalue weighted by atomic mass is 32.1. The van der Waals surface area contributed by atoms with Crippen LogP contribution in [0.1, 0.15) is 16.8 Å². The molecule has 4 nitrogen and oxygen atoms in total. The molecule has 0 aliphatic carbocycles. The highest BCUT2D eigenvalue weighted by Gasteiger charge is 2.26. The van der Waals surface area contributed by atoms with E-state index in [1.54, 1.807) is 17.6 Å². The normalized spacial score (nSPS) is 11.6. The zero-order valence-electron chi connectivity index (χ0n) is 20.5. The molecule has 0 atom stereocenters. The summed E-state index contributed by atoms with van der Waals surface area (Å²) in [4.78, 5) is 0. The van der Waals surface area contributed by atoms with E-state index in [4.69, 9.17) is 4.42 Å². The summed E-state index contributed by atoms with van der Waals surface area (Å²) in [5.74, 6) is 0. The van der Waals surface area contributed by atoms with E-state index in [9.17, 15) is 0 Å². The lowest BCUT2D eigenvalue weighted by Crippen LogP contribution is -2.42. The van der Waals surface area contributed by atoms with Crippen LogP contribution in [0, 0.1) is 6.92 Å². The number of aromatic nitrogens is 3. The quantitative estimate of drug-likeness (QED) is 0.209. The maximum absolute atomic E-state index is 5.60. The van der Waals surface area contributed by atoms with Crippen LogP contribution in [0.3, 0.4) is 0 Å². The second kappa shape index (κ2) is 8.95. The average molecular weight is 501 g/mol. The predicted octanol–water partition coefficient (Wildman–Crippen LogP) is 6.03. The van der Waals surface area contributed by atoms with Gasteiger partial charge in [0.15, 0.2) is 25.2 Å². The van der Waals surface area contributed by atoms with Gasteiger partial charge in [-0.3, -0.25) is 0 Å². The lowest BCUT2D eigenvalue weighted by molar-refractivity contribution is -0.692. The van der Waals surface area contributed by atoms with Crippen molar-refractivity contribution in [1.29, 1.82) is 0 Å². The van der Waals surface area contributed by atoms with Crippen LogP contribution >= 0.6 is 11.3 Å². The summed E-state index contributed by atoms with van der Waals surface area (Å²) in [6.45, 7) is 3.73. The summed E-state index contributed by atoms with van der Waals surface area (Å²) in [6, 6.07) is 30.6. The van der Waals surface area contributed by atoms with Crippen molar-refractivity contribution in [3.05, 3.63) is 132 Å². The van der Waals surface area contributed by atoms with E-state index in [1.165, 1.54) is 49.8 Å². The van der Waals surface area contributed by atoms with E-state index in [-0.39, 0.29) is 0 Å². The molecule has 0 amide bonds. The Labute approximate surface area is 218 Å². The number of aryl methyl sites for hydroxylation is 1. The fourth-order valence-electron chi connectivity index (χ4n) is 5.40. The second-order valence-corrected chi connectivity index (χ2v) is 10.3. The molecular formula is C32H26N3OS+3. The predicted molar refractivity (Wildman–Crippen MR) is 146 cm³/mol. The number of hydrogen-bond acceptors (Lipinski definition) is 2. The first-order valence-corrected chi connectivity index (χ1v) is 13.4. The van der Waals surface area contributed by atoms with Gasteiger partial charge in [-0.1, -0.05) is 48.5 Å². The second-order valence-electron chi connectivity index (χ2n) is 9.45. The maximum Gasteiger partial charge on any atom is 0.441 e. The van der Waals surface area contributed by atoms with Crippen LogP contribution in [0.5, 0.6) is 0 Å². The number of rotatable bonds is 5. The van der Waals surface area contributed by atoms with Crippen molar-refractivity contribution in [3.63, 3.8) is 0 Å². The molecule has 3 aromatic carbocycles. The van der Waals surface area contributed by atoms with Gasteiger partial charge in [0.05, 0.1) is 16.2 Å². The molecule has 0 bridgehead atoms. The molecule has 7 aromatic rings. The monoisotopic (exact) mass is 500 g/mol. The molecule has 5 heteroatoms. The van der Waals surface area contributed by atoms with E-state index < -0.39 is 0 Å². The Bertz CT molecular complexity index is 1920. The van der Waals surface area contributed by atoms with Crippen LogP contribution in [0.2, 0.25) is 0 Å². The molecule has 0 aliphatic rings. The van der Waals surface area contributed by atoms with Crippen LogP contribution in [-0.2, 0) is 13.1 Å². The number of hydrogen-bond donors (Lipinski definition) is 0. The van der Waals surface area contributed by atoms with Gasteiger partial charge in [0, 0.05) is 17.7 Å². The Morgan fingerprint density at radius 2 is 1.35 bits per heavy atom. The van der Waals surface area contributed by atoms with E-state index >= 15 is 0 Å². The molecule has 0 saturated carbocycles. The molecule has 0 unspecified atom stereocenters. The largest absolute Gasteiger partial charge is 0.441 e. The first-order valence-electron chi connectivity index (χ1n) is 12.5. The SMILES string of the molecule is Cc1ccccc1-c1ccccc1C[n+]1cccc2ccc3ccc[n+](Cc4csc5occ[n+]45)c3c21. The third kappa shape index (κ3) is 3.79. The van der Waals surface area contributed by atoms with Crippen LogP contribution < -0.4 is 13.5 Å². The number of nitrogens with zero attached hydrogens (tertiary/aromatic N) is 3. The molecule has 7 rings (SSSR count). The molecule has 0 spiro atoms. The zero-order valence-corrected chi connectivity index (χ0v) is 21.4. The van der Waals surface area contributed by atoms with Gasteiger partial charge in [-0.2, -0.15) is 9.13 Å². The van der Waals surface area contributed by atoms with Gasteiger partial charge in [0.1, 0.15) is 0 Å². The van der Waals surface area contributed by atoms with E-state index in [0.29, 0.717) is 0 Å². The summed E-state index contributed by atoms with van der Waals surface area (Å²) in [6.07, 6.45) is 8.14. The molecule has 0 saturated heterocycles. The van der Waals surface area contributed by atoms with E-state index in [0.717, 1.165) is 18.1 Å². The first kappa shape index (κ1) is 21.9. The highest BCUT2D eigenvalue weighted by molar-refractivity contribution is 7.14. The summed E-state index contributed by atoms with van der Waals surface area (Å²) >= 11 is 1.63. The molecule has 0 aliphatic heterocycles. The lowest BCUT2D eigenvalue weighted by atomic mass is 9.96.